The number of hydrogen-bond donors (Lipinski definition) is 1. The van der Waals surface area contributed by atoms with Gasteiger partial charge >= 0.3 is 0 Å². The molecule has 0 saturated carbocycles. The van der Waals surface area contributed by atoms with Crippen molar-refractivity contribution >= 4 is 5.82 Å². The van der Waals surface area contributed by atoms with E-state index in [1.165, 1.54) is 5.56 Å². The number of aromatic nitrogens is 1. The van der Waals surface area contributed by atoms with Crippen molar-refractivity contribution in [3.8, 4) is 0 Å². The fraction of sp³-hybridized carbons (Fsp3) is 0.667. The Labute approximate surface area is 111 Å². The molecule has 0 unspecified atom stereocenters. The molecule has 0 atom stereocenters. The average molecular weight is 250 g/mol. The molecule has 1 heterocycles. The van der Waals surface area contributed by atoms with E-state index in [0.717, 1.165) is 18.8 Å². The van der Waals surface area contributed by atoms with Gasteiger partial charge in [-0.05, 0) is 37.3 Å². The zero-order valence-electron chi connectivity index (χ0n) is 12.3. The molecular weight excluding hydrogens is 224 g/mol. The van der Waals surface area contributed by atoms with Crippen molar-refractivity contribution in [2.45, 2.75) is 52.5 Å². The number of nitrogens with zero attached hydrogens (tertiary/aromatic N) is 2. The number of aliphatic hydroxyl groups excluding tert-OH is 1. The third-order valence-corrected chi connectivity index (χ3v) is 3.09. The molecule has 0 aliphatic rings. The van der Waals surface area contributed by atoms with Crippen LogP contribution < -0.4 is 4.90 Å². The van der Waals surface area contributed by atoms with Crippen LogP contribution in [0.25, 0.3) is 0 Å². The Morgan fingerprint density at radius 3 is 2.33 bits per heavy atom. The summed E-state index contributed by atoms with van der Waals surface area (Å²) in [4.78, 5) is 6.79. The van der Waals surface area contributed by atoms with Gasteiger partial charge in [0, 0.05) is 25.4 Å². The van der Waals surface area contributed by atoms with Crippen LogP contribution in [0.2, 0.25) is 0 Å². The van der Waals surface area contributed by atoms with E-state index >= 15 is 0 Å². The lowest BCUT2D eigenvalue weighted by Gasteiger charge is -2.28. The number of rotatable bonds is 5. The lowest BCUT2D eigenvalue weighted by Crippen LogP contribution is -2.33. The van der Waals surface area contributed by atoms with Crippen LogP contribution in [0, 0.1) is 0 Å². The lowest BCUT2D eigenvalue weighted by molar-refractivity contribution is 0.288. The normalized spacial score (nSPS) is 11.9. The van der Waals surface area contributed by atoms with Crippen molar-refractivity contribution in [2.24, 2.45) is 0 Å². The summed E-state index contributed by atoms with van der Waals surface area (Å²) in [6.45, 7) is 11.9. The Morgan fingerprint density at radius 1 is 1.28 bits per heavy atom. The molecule has 102 valence electrons. The van der Waals surface area contributed by atoms with Crippen molar-refractivity contribution in [3.63, 3.8) is 0 Å². The molecule has 0 aliphatic heterocycles. The van der Waals surface area contributed by atoms with Gasteiger partial charge in [0.2, 0.25) is 0 Å². The quantitative estimate of drug-likeness (QED) is 0.873. The van der Waals surface area contributed by atoms with Crippen molar-refractivity contribution in [1.82, 2.24) is 4.98 Å². The molecule has 0 aromatic carbocycles. The maximum Gasteiger partial charge on any atom is 0.128 e. The summed E-state index contributed by atoms with van der Waals surface area (Å²) in [5, 5.41) is 8.95. The predicted octanol–water partition coefficient (Wildman–Crippen LogP) is 2.98. The van der Waals surface area contributed by atoms with Crippen LogP contribution >= 0.6 is 0 Å². The highest BCUT2D eigenvalue weighted by Crippen LogP contribution is 2.23. The first kappa shape index (κ1) is 15.0. The number of hydrogen-bond acceptors (Lipinski definition) is 3. The van der Waals surface area contributed by atoms with Gasteiger partial charge in [0.15, 0.2) is 0 Å². The molecule has 3 heteroatoms. The molecule has 0 amide bonds. The van der Waals surface area contributed by atoms with E-state index in [2.05, 4.69) is 56.6 Å². The second-order valence-corrected chi connectivity index (χ2v) is 6.02. The van der Waals surface area contributed by atoms with E-state index in [-0.39, 0.29) is 12.0 Å². The Bertz CT molecular complexity index is 352. The smallest absolute Gasteiger partial charge is 0.128 e. The Hall–Kier alpha value is -1.09. The molecule has 0 spiro atoms. The van der Waals surface area contributed by atoms with Gasteiger partial charge in [0.05, 0.1) is 0 Å². The Kier molecular flexibility index (Phi) is 5.15. The predicted molar refractivity (Wildman–Crippen MR) is 77.1 cm³/mol. The average Bonchev–Trinajstić information content (AvgIpc) is 2.28. The minimum absolute atomic E-state index is 0.138. The first-order valence-corrected chi connectivity index (χ1v) is 6.70. The van der Waals surface area contributed by atoms with E-state index in [1.54, 1.807) is 0 Å². The highest BCUT2D eigenvalue weighted by molar-refractivity contribution is 5.41. The van der Waals surface area contributed by atoms with Crippen molar-refractivity contribution < 1.29 is 5.11 Å². The molecule has 3 nitrogen and oxygen atoms in total. The van der Waals surface area contributed by atoms with Crippen LogP contribution in [0.5, 0.6) is 0 Å². The largest absolute Gasteiger partial charge is 0.396 e. The van der Waals surface area contributed by atoms with E-state index in [9.17, 15) is 0 Å². The van der Waals surface area contributed by atoms with Gasteiger partial charge in [0.25, 0.3) is 0 Å². The van der Waals surface area contributed by atoms with E-state index in [1.807, 2.05) is 6.20 Å². The second kappa shape index (κ2) is 6.19. The fourth-order valence-electron chi connectivity index (χ4n) is 1.88. The number of pyridine rings is 1. The van der Waals surface area contributed by atoms with Gasteiger partial charge in [-0.3, -0.25) is 0 Å². The SMILES string of the molecule is CC(C)N(CCCO)c1ccc(C(C)(C)C)cn1. The maximum absolute atomic E-state index is 8.95. The zero-order chi connectivity index (χ0) is 13.8. The van der Waals surface area contributed by atoms with Crippen molar-refractivity contribution in [1.29, 1.82) is 0 Å². The van der Waals surface area contributed by atoms with Crippen LogP contribution in [-0.4, -0.2) is 29.3 Å². The summed E-state index contributed by atoms with van der Waals surface area (Å²) in [6.07, 6.45) is 2.74. The molecule has 1 rings (SSSR count). The highest BCUT2D eigenvalue weighted by atomic mass is 16.3. The van der Waals surface area contributed by atoms with E-state index in [4.69, 9.17) is 5.11 Å². The van der Waals surface area contributed by atoms with Crippen LogP contribution in [0.1, 0.15) is 46.6 Å². The topological polar surface area (TPSA) is 36.4 Å². The first-order valence-electron chi connectivity index (χ1n) is 6.70. The number of anilines is 1. The summed E-state index contributed by atoms with van der Waals surface area (Å²) in [5.41, 5.74) is 1.39. The van der Waals surface area contributed by atoms with Crippen LogP contribution in [0.15, 0.2) is 18.3 Å². The maximum atomic E-state index is 8.95. The Morgan fingerprint density at radius 2 is 1.94 bits per heavy atom. The molecule has 1 aromatic rings. The summed E-state index contributed by atoms with van der Waals surface area (Å²) in [7, 11) is 0. The van der Waals surface area contributed by atoms with E-state index in [0.29, 0.717) is 6.04 Å². The van der Waals surface area contributed by atoms with Crippen molar-refractivity contribution in [3.05, 3.63) is 23.9 Å². The van der Waals surface area contributed by atoms with Crippen LogP contribution in [0.3, 0.4) is 0 Å². The Balaban J connectivity index is 2.87. The van der Waals surface area contributed by atoms with Gasteiger partial charge in [-0.1, -0.05) is 26.8 Å². The van der Waals surface area contributed by atoms with Gasteiger partial charge < -0.3 is 10.0 Å². The van der Waals surface area contributed by atoms with E-state index < -0.39 is 0 Å². The van der Waals surface area contributed by atoms with Crippen LogP contribution in [0.4, 0.5) is 5.82 Å². The van der Waals surface area contributed by atoms with Gasteiger partial charge in [0.1, 0.15) is 5.82 Å². The molecular formula is C15H26N2O. The van der Waals surface area contributed by atoms with Gasteiger partial charge in [-0.2, -0.15) is 0 Å². The zero-order valence-corrected chi connectivity index (χ0v) is 12.3. The van der Waals surface area contributed by atoms with Gasteiger partial charge in [-0.15, -0.1) is 0 Å². The molecule has 0 radical (unpaired) electrons. The first-order chi connectivity index (χ1) is 8.36. The minimum atomic E-state index is 0.138. The summed E-state index contributed by atoms with van der Waals surface area (Å²) in [6, 6.07) is 4.62. The van der Waals surface area contributed by atoms with Gasteiger partial charge in [-0.25, -0.2) is 4.98 Å². The highest BCUT2D eigenvalue weighted by Gasteiger charge is 2.16. The summed E-state index contributed by atoms with van der Waals surface area (Å²) in [5.74, 6) is 0.992. The van der Waals surface area contributed by atoms with Crippen molar-refractivity contribution in [2.75, 3.05) is 18.1 Å². The molecule has 0 bridgehead atoms. The minimum Gasteiger partial charge on any atom is -0.396 e. The third-order valence-electron chi connectivity index (χ3n) is 3.09. The fourth-order valence-corrected chi connectivity index (χ4v) is 1.88. The molecule has 0 fully saturated rings. The summed E-state index contributed by atoms with van der Waals surface area (Å²) < 4.78 is 0. The molecule has 1 N–H and O–H groups in total. The summed E-state index contributed by atoms with van der Waals surface area (Å²) >= 11 is 0. The molecule has 18 heavy (non-hydrogen) atoms. The third kappa shape index (κ3) is 3.98. The monoisotopic (exact) mass is 250 g/mol. The van der Waals surface area contributed by atoms with Crippen LogP contribution in [-0.2, 0) is 5.41 Å². The molecule has 1 aromatic heterocycles. The standard InChI is InChI=1S/C15H26N2O/c1-12(2)17(9-6-10-18)14-8-7-13(11-16-14)15(3,4)5/h7-8,11-12,18H,6,9-10H2,1-5H3. The molecule has 0 aliphatic carbocycles. The lowest BCUT2D eigenvalue weighted by atomic mass is 9.88. The molecule has 0 saturated heterocycles. The second-order valence-electron chi connectivity index (χ2n) is 6.02. The number of aliphatic hydroxyl groups is 1.